The van der Waals surface area contributed by atoms with Crippen molar-refractivity contribution in [1.29, 1.82) is 0 Å². The number of hydrogen-bond acceptors (Lipinski definition) is 24. The fraction of sp³-hybridized carbons (Fsp3) is 0.732. The Labute approximate surface area is 716 Å². The number of unbranched alkanes of at least 4 members (excludes halogenated alkanes) is 5. The highest BCUT2D eigenvalue weighted by atomic mass is 16.6. The molecule has 1 fully saturated rings. The van der Waals surface area contributed by atoms with Crippen molar-refractivity contribution in [1.82, 2.24) is 85.1 Å². The lowest BCUT2D eigenvalue weighted by Crippen LogP contribution is -2.62. The minimum absolute atomic E-state index is 0.127. The molecule has 13 atom stereocenters. The molecule has 1 aromatic carbocycles. The van der Waals surface area contributed by atoms with Gasteiger partial charge in [0.1, 0.15) is 88.4 Å². The second kappa shape index (κ2) is 52.2. The first-order chi connectivity index (χ1) is 56.6. The minimum atomic E-state index is -1.98. The molecule has 1 aliphatic rings. The van der Waals surface area contributed by atoms with E-state index < -0.39 is 260 Å². The van der Waals surface area contributed by atoms with Crippen LogP contribution in [0.25, 0.3) is 0 Å². The SMILES string of the molecule is CCCCCCCC[C@H](N)C(=O)N[C@@H](CCNC(=O)OC(C)(C)C)C(=O)N[C@H](C(=O)N[C@@H](CCNC(=O)OC(C)(C)C)C(=O)N[C@H]1CCNC(=O)[C@H]([C@@H](C)O)NC(=O)[C@H](CCNC(=O)OC(C)(C)C)NC(=O)[C@H](CCNC(=O)OC(C)(C)C)NC(=O)[C@H](CC(C)C)NC(=O)[C@@H](Cc2ccccc2)NC(=O)[C@H](CCNC(=O)OC(C)(C)C)NC1=O)[C@@H](C)O. The van der Waals surface area contributed by atoms with Crippen molar-refractivity contribution in [2.24, 2.45) is 11.7 Å². The molecule has 1 heterocycles. The summed E-state index contributed by atoms with van der Waals surface area (Å²) in [6, 6.07) is -10.6. The lowest BCUT2D eigenvalue weighted by molar-refractivity contribution is -0.137. The van der Waals surface area contributed by atoms with Crippen LogP contribution >= 0.6 is 0 Å². The third-order valence-corrected chi connectivity index (χ3v) is 17.6. The zero-order chi connectivity index (χ0) is 92.6. The van der Waals surface area contributed by atoms with Gasteiger partial charge >= 0.3 is 30.5 Å². The predicted octanol–water partition coefficient (Wildman–Crippen LogP) is 2.06. The summed E-state index contributed by atoms with van der Waals surface area (Å²) in [6.07, 6.45) is -6.09. The fourth-order valence-corrected chi connectivity index (χ4v) is 11.8. The number of carbonyl (C=O) groups is 16. The molecule has 20 N–H and O–H groups in total. The van der Waals surface area contributed by atoms with Crippen LogP contribution in [0.3, 0.4) is 0 Å². The van der Waals surface area contributed by atoms with Gasteiger partial charge in [0.25, 0.3) is 0 Å². The van der Waals surface area contributed by atoms with Gasteiger partial charge in [-0.1, -0.05) is 89.6 Å². The summed E-state index contributed by atoms with van der Waals surface area (Å²) in [5, 5.41) is 63.2. The van der Waals surface area contributed by atoms with Gasteiger partial charge in [0.15, 0.2) is 0 Å². The topological polar surface area (TPSA) is 578 Å². The van der Waals surface area contributed by atoms with E-state index in [-0.39, 0.29) is 44.7 Å². The molecule has 2 rings (SSSR count). The van der Waals surface area contributed by atoms with Crippen LogP contribution < -0.4 is 90.8 Å². The Kier molecular flexibility index (Phi) is 46.1. The smallest absolute Gasteiger partial charge is 0.407 e. The Balaban J connectivity index is 3.11. The lowest BCUT2D eigenvalue weighted by Gasteiger charge is -2.29. The zero-order valence-corrected chi connectivity index (χ0v) is 74.9. The highest BCUT2D eigenvalue weighted by Crippen LogP contribution is 2.17. The van der Waals surface area contributed by atoms with Crippen LogP contribution in [0.5, 0.6) is 0 Å². The normalized spacial score (nSPS) is 19.8. The van der Waals surface area contributed by atoms with Crippen molar-refractivity contribution in [3.63, 3.8) is 0 Å². The van der Waals surface area contributed by atoms with E-state index in [1.165, 1.54) is 0 Å². The van der Waals surface area contributed by atoms with Gasteiger partial charge in [0.05, 0.1) is 18.2 Å². The van der Waals surface area contributed by atoms with E-state index in [0.717, 1.165) is 46.0 Å². The van der Waals surface area contributed by atoms with Crippen molar-refractivity contribution < 1.29 is 111 Å². The highest BCUT2D eigenvalue weighted by molar-refractivity contribution is 6.00. The summed E-state index contributed by atoms with van der Waals surface area (Å²) in [6.45, 7) is 29.0. The molecule has 0 unspecified atom stereocenters. The van der Waals surface area contributed by atoms with Gasteiger partial charge in [-0.2, -0.15) is 0 Å². The molecule has 40 nitrogen and oxygen atoms in total. The molecule has 40 heteroatoms. The van der Waals surface area contributed by atoms with Crippen molar-refractivity contribution in [2.75, 3.05) is 39.3 Å². The third-order valence-electron chi connectivity index (χ3n) is 17.6. The summed E-state index contributed by atoms with van der Waals surface area (Å²) in [5.41, 5.74) is 1.81. The summed E-state index contributed by atoms with van der Waals surface area (Å²) in [7, 11) is 0. The quantitative estimate of drug-likeness (QED) is 0.0338. The monoisotopic (exact) mass is 1730 g/mol. The highest BCUT2D eigenvalue weighted by Gasteiger charge is 2.40. The van der Waals surface area contributed by atoms with Gasteiger partial charge < -0.3 is 125 Å². The molecule has 0 bridgehead atoms. The van der Waals surface area contributed by atoms with Crippen LogP contribution in [0.1, 0.15) is 234 Å². The average molecular weight is 1730 g/mol. The van der Waals surface area contributed by atoms with Crippen LogP contribution in [0.2, 0.25) is 0 Å². The lowest BCUT2D eigenvalue weighted by atomic mass is 10.00. The number of alkyl carbamates (subject to hydrolysis) is 5. The maximum atomic E-state index is 15.4. The molecule has 0 saturated carbocycles. The molecule has 1 aromatic rings. The first kappa shape index (κ1) is 108. The number of amides is 16. The number of ether oxygens (including phenoxy) is 5. The van der Waals surface area contributed by atoms with Crippen LogP contribution in [-0.2, 0) is 82.8 Å². The number of benzene rings is 1. The fourth-order valence-electron chi connectivity index (χ4n) is 11.8. The summed E-state index contributed by atoms with van der Waals surface area (Å²) in [5.74, 6) is -12.4. The predicted molar refractivity (Wildman–Crippen MR) is 450 cm³/mol. The van der Waals surface area contributed by atoms with E-state index in [1.807, 2.05) is 0 Å². The Morgan fingerprint density at radius 1 is 0.434 bits per heavy atom. The summed E-state index contributed by atoms with van der Waals surface area (Å²) < 4.78 is 27.0. The van der Waals surface area contributed by atoms with Crippen molar-refractivity contribution in [3.05, 3.63) is 35.9 Å². The maximum absolute atomic E-state index is 15.4. The van der Waals surface area contributed by atoms with Gasteiger partial charge in [-0.15, -0.1) is 0 Å². The molecule has 122 heavy (non-hydrogen) atoms. The number of hydrogen-bond donors (Lipinski definition) is 19. The molecule has 0 aliphatic carbocycles. The van der Waals surface area contributed by atoms with E-state index in [2.05, 4.69) is 92.0 Å². The van der Waals surface area contributed by atoms with E-state index >= 15 is 19.2 Å². The van der Waals surface area contributed by atoms with Crippen LogP contribution in [-0.4, -0.2) is 252 Å². The Morgan fingerprint density at radius 3 is 1.22 bits per heavy atom. The van der Waals surface area contributed by atoms with E-state index in [1.54, 1.807) is 148 Å². The van der Waals surface area contributed by atoms with Gasteiger partial charge in [-0.05, 0) is 181 Å². The van der Waals surface area contributed by atoms with Crippen LogP contribution in [0.4, 0.5) is 24.0 Å². The van der Waals surface area contributed by atoms with Crippen molar-refractivity contribution in [3.8, 4) is 0 Å². The summed E-state index contributed by atoms with van der Waals surface area (Å²) >= 11 is 0. The van der Waals surface area contributed by atoms with Crippen molar-refractivity contribution >= 4 is 95.4 Å². The number of nitrogens with two attached hydrogens (primary N) is 1. The molecule has 1 saturated heterocycles. The number of nitrogens with one attached hydrogen (secondary N) is 16. The Hall–Kier alpha value is -10.4. The standard InChI is InChI=1S/C82H141N17O23/c1-21-22-23-24-25-29-32-51(83)62(102)90-56(37-43-88-76(116)121-81(15,16)17)67(107)99-61(49(5)101)72(112)95-55(36-42-87-75(115)120-80(12,13)14)65(105)91-52-33-39-84-71(111)60(48(4)100)98-68(108)57(38-44-89-77(117)122-82(18,19)20)93-64(104)53(34-40-85-73(113)118-78(6,7)8)94-69(109)58(45-47(2)3)96-70(110)59(46-50-30-27-26-28-31-50)97-66(106)54(92-63(52)103)35-41-86-74(114)119-79(9,10)11/h26-28,30-31,47-49,51-61,100-101H,21-25,29,32-46,83H2,1-20H3,(H,84,111)(H,85,113)(H,86,114)(H,87,115)(H,88,116)(H,89,117)(H,90,102)(H,91,105)(H,92,103)(H,93,104)(H,94,109)(H,95,112)(H,96,110)(H,97,106)(H,98,108)(H,99,107)/t48-,49-,51+,52+,53+,54+,55+,56+,57+,58+,59-,60+,61+/m1/s1. The largest absolute Gasteiger partial charge is 0.444 e. The van der Waals surface area contributed by atoms with Gasteiger partial charge in [-0.25, -0.2) is 24.0 Å². The molecule has 692 valence electrons. The number of carbonyl (C=O) groups excluding carboxylic acids is 16. The van der Waals surface area contributed by atoms with Gasteiger partial charge in [0.2, 0.25) is 65.0 Å². The second-order valence-corrected chi connectivity index (χ2v) is 35.6. The first-order valence-electron chi connectivity index (χ1n) is 41.9. The number of aliphatic hydroxyl groups is 2. The van der Waals surface area contributed by atoms with Crippen LogP contribution in [0, 0.1) is 5.92 Å². The zero-order valence-electron chi connectivity index (χ0n) is 74.9. The molecular weight excluding hydrogens is 1590 g/mol. The van der Waals surface area contributed by atoms with E-state index in [9.17, 15) is 67.7 Å². The molecule has 0 spiro atoms. The van der Waals surface area contributed by atoms with E-state index in [4.69, 9.17) is 29.4 Å². The Morgan fingerprint density at radius 2 is 0.803 bits per heavy atom. The van der Waals surface area contributed by atoms with Crippen molar-refractivity contribution in [2.45, 2.75) is 341 Å². The van der Waals surface area contributed by atoms with Crippen LogP contribution in [0.15, 0.2) is 30.3 Å². The molecule has 16 amide bonds. The Bertz CT molecular complexity index is 3590. The molecular formula is C82H141N17O23. The number of rotatable bonds is 36. The van der Waals surface area contributed by atoms with Gasteiger partial charge in [0, 0.05) is 45.7 Å². The summed E-state index contributed by atoms with van der Waals surface area (Å²) in [4.78, 5) is 228. The molecule has 0 aromatic heterocycles. The molecule has 1 aliphatic heterocycles. The van der Waals surface area contributed by atoms with Gasteiger partial charge in [-0.3, -0.25) is 52.7 Å². The van der Waals surface area contributed by atoms with E-state index in [0.29, 0.717) is 12.0 Å². The second-order valence-electron chi connectivity index (χ2n) is 35.6. The maximum Gasteiger partial charge on any atom is 0.407 e. The first-order valence-corrected chi connectivity index (χ1v) is 41.9. The average Bonchev–Trinajstić information content (AvgIpc) is 0.935. The third kappa shape index (κ3) is 46.6. The number of aliphatic hydroxyl groups excluding tert-OH is 2. The minimum Gasteiger partial charge on any atom is -0.444 e. The molecule has 0 radical (unpaired) electrons.